The van der Waals surface area contributed by atoms with Gasteiger partial charge in [0.05, 0.1) is 10.4 Å². The highest BCUT2D eigenvalue weighted by Gasteiger charge is 2.23. The van der Waals surface area contributed by atoms with E-state index in [-0.39, 0.29) is 0 Å². The summed E-state index contributed by atoms with van der Waals surface area (Å²) >= 11 is 1.83. The van der Waals surface area contributed by atoms with E-state index in [1.807, 2.05) is 17.4 Å². The summed E-state index contributed by atoms with van der Waals surface area (Å²) in [6, 6.07) is 59.1. The van der Waals surface area contributed by atoms with Crippen molar-refractivity contribution in [3.05, 3.63) is 164 Å². The normalized spacial score (nSPS) is 11.8. The van der Waals surface area contributed by atoms with Crippen molar-refractivity contribution in [2.45, 2.75) is 0 Å². The van der Waals surface area contributed by atoms with Crippen LogP contribution in [0, 0.1) is 0 Å². The number of benzene rings is 8. The minimum atomic E-state index is 0.910. The highest BCUT2D eigenvalue weighted by molar-refractivity contribution is 7.26. The largest absolute Gasteiger partial charge is 0.455 e. The Labute approximate surface area is 275 Å². The van der Waals surface area contributed by atoms with Crippen LogP contribution in [-0.2, 0) is 0 Å². The minimum absolute atomic E-state index is 0.910. The van der Waals surface area contributed by atoms with E-state index in [4.69, 9.17) is 4.42 Å². The van der Waals surface area contributed by atoms with Crippen LogP contribution in [0.5, 0.6) is 0 Å². The van der Waals surface area contributed by atoms with Gasteiger partial charge in [0, 0.05) is 37.6 Å². The number of para-hydroxylation sites is 1. The van der Waals surface area contributed by atoms with Gasteiger partial charge in [-0.2, -0.15) is 0 Å². The second kappa shape index (κ2) is 10.3. The molecule has 0 saturated carbocycles. The average molecular weight is 618 g/mol. The van der Waals surface area contributed by atoms with Gasteiger partial charge in [-0.3, -0.25) is 0 Å². The molecular weight excluding hydrogens is 591 g/mol. The molecule has 0 amide bonds. The molecule has 10 aromatic rings. The molecule has 0 unspecified atom stereocenters. The molecule has 0 radical (unpaired) electrons. The lowest BCUT2D eigenvalue weighted by Gasteiger charge is -2.27. The molecule has 0 spiro atoms. The Morgan fingerprint density at radius 3 is 1.87 bits per heavy atom. The minimum Gasteiger partial charge on any atom is -0.455 e. The Kier molecular flexibility index (Phi) is 5.78. The van der Waals surface area contributed by atoms with Crippen LogP contribution in [0.25, 0.3) is 74.8 Å². The first-order valence-electron chi connectivity index (χ1n) is 15.9. The molecule has 2 heterocycles. The number of hydrogen-bond acceptors (Lipinski definition) is 3. The molecule has 8 aromatic carbocycles. The zero-order chi connectivity index (χ0) is 30.9. The summed E-state index contributed by atoms with van der Waals surface area (Å²) < 4.78 is 9.08. The van der Waals surface area contributed by atoms with Crippen molar-refractivity contribution in [3.63, 3.8) is 0 Å². The fraction of sp³-hybridized carbons (Fsp3) is 0. The molecule has 2 nitrogen and oxygen atoms in total. The third-order valence-corrected chi connectivity index (χ3v) is 10.6. The summed E-state index contributed by atoms with van der Waals surface area (Å²) in [6.45, 7) is 0. The van der Waals surface area contributed by atoms with Crippen molar-refractivity contribution >= 4 is 92.1 Å². The molecule has 10 rings (SSSR count). The molecule has 0 fully saturated rings. The van der Waals surface area contributed by atoms with Crippen molar-refractivity contribution < 1.29 is 4.42 Å². The number of fused-ring (bicyclic) bond motifs is 9. The zero-order valence-corrected chi connectivity index (χ0v) is 26.2. The number of rotatable bonds is 4. The van der Waals surface area contributed by atoms with E-state index < -0.39 is 0 Å². The van der Waals surface area contributed by atoms with Gasteiger partial charge in [0.1, 0.15) is 11.2 Å². The van der Waals surface area contributed by atoms with Crippen LogP contribution >= 0.6 is 11.3 Å². The number of thiophene rings is 1. The highest BCUT2D eigenvalue weighted by Crippen LogP contribution is 2.50. The molecule has 47 heavy (non-hydrogen) atoms. The lowest BCUT2D eigenvalue weighted by Crippen LogP contribution is -2.10. The third kappa shape index (κ3) is 4.17. The van der Waals surface area contributed by atoms with Crippen molar-refractivity contribution in [1.82, 2.24) is 0 Å². The molecule has 0 aliphatic carbocycles. The number of hydrogen-bond donors (Lipinski definition) is 0. The topological polar surface area (TPSA) is 16.4 Å². The van der Waals surface area contributed by atoms with Gasteiger partial charge in [-0.1, -0.05) is 115 Å². The van der Waals surface area contributed by atoms with Crippen LogP contribution in [0.15, 0.2) is 168 Å². The first-order valence-corrected chi connectivity index (χ1v) is 16.7. The van der Waals surface area contributed by atoms with Gasteiger partial charge in [0.25, 0.3) is 0 Å². The fourth-order valence-electron chi connectivity index (χ4n) is 7.13. The van der Waals surface area contributed by atoms with Crippen LogP contribution in [-0.4, -0.2) is 0 Å². The number of anilines is 3. The van der Waals surface area contributed by atoms with Gasteiger partial charge in [-0.05, 0) is 81.2 Å². The third-order valence-electron chi connectivity index (χ3n) is 9.41. The predicted octanol–water partition coefficient (Wildman–Crippen LogP) is 13.4. The number of nitrogens with zero attached hydrogens (tertiary/aromatic N) is 1. The standard InChI is InChI=1S/C44H27NOS/c1-3-11-31-25-33(18-17-28(31)9-1)30-19-22-34(23-20-30)45(35-24-21-29-10-2-4-12-32(29)26-35)39-27-38-36-13-5-7-15-40(36)46-43(38)42-37-14-6-8-16-41(37)47-44(39)42/h1-27H. The first-order chi connectivity index (χ1) is 23.3. The van der Waals surface area contributed by atoms with Crippen molar-refractivity contribution in [1.29, 1.82) is 0 Å². The van der Waals surface area contributed by atoms with Crippen LogP contribution in [0.2, 0.25) is 0 Å². The Morgan fingerprint density at radius 1 is 0.447 bits per heavy atom. The van der Waals surface area contributed by atoms with E-state index in [9.17, 15) is 0 Å². The zero-order valence-electron chi connectivity index (χ0n) is 25.4. The van der Waals surface area contributed by atoms with Crippen molar-refractivity contribution in [2.75, 3.05) is 4.90 Å². The molecule has 0 aliphatic heterocycles. The molecule has 0 aliphatic rings. The van der Waals surface area contributed by atoms with Crippen molar-refractivity contribution in [2.24, 2.45) is 0 Å². The Morgan fingerprint density at radius 2 is 1.06 bits per heavy atom. The molecule has 0 N–H and O–H groups in total. The van der Waals surface area contributed by atoms with Crippen LogP contribution < -0.4 is 4.90 Å². The molecule has 3 heteroatoms. The maximum absolute atomic E-state index is 6.62. The summed E-state index contributed by atoms with van der Waals surface area (Å²) in [7, 11) is 0. The Hall–Kier alpha value is -5.90. The quantitative estimate of drug-likeness (QED) is 0.195. The molecule has 220 valence electrons. The maximum atomic E-state index is 6.62. The predicted molar refractivity (Wildman–Crippen MR) is 202 cm³/mol. The molecule has 0 saturated heterocycles. The van der Waals surface area contributed by atoms with E-state index >= 15 is 0 Å². The van der Waals surface area contributed by atoms with Gasteiger partial charge >= 0.3 is 0 Å². The second-order valence-electron chi connectivity index (χ2n) is 12.1. The van der Waals surface area contributed by atoms with Gasteiger partial charge in [0.2, 0.25) is 0 Å². The average Bonchev–Trinajstić information content (AvgIpc) is 3.71. The Bertz CT molecular complexity index is 2810. The van der Waals surface area contributed by atoms with Crippen LogP contribution in [0.4, 0.5) is 17.1 Å². The summed E-state index contributed by atoms with van der Waals surface area (Å²) in [5.74, 6) is 0. The summed E-state index contributed by atoms with van der Waals surface area (Å²) in [5.41, 5.74) is 7.64. The molecular formula is C44H27NOS. The van der Waals surface area contributed by atoms with Crippen LogP contribution in [0.1, 0.15) is 0 Å². The van der Waals surface area contributed by atoms with E-state index in [0.29, 0.717) is 0 Å². The summed E-state index contributed by atoms with van der Waals surface area (Å²) in [4.78, 5) is 2.43. The SMILES string of the molecule is c1ccc2cc(-c3ccc(N(c4ccc5ccccc5c4)c4cc5c6ccccc6oc5c5c4sc4ccccc45)cc3)ccc2c1. The first kappa shape index (κ1) is 26.3. The smallest absolute Gasteiger partial charge is 0.144 e. The van der Waals surface area contributed by atoms with Crippen molar-refractivity contribution in [3.8, 4) is 11.1 Å². The van der Waals surface area contributed by atoms with E-state index in [1.54, 1.807) is 0 Å². The molecule has 2 aromatic heterocycles. The Balaban J connectivity index is 1.24. The van der Waals surface area contributed by atoms with Gasteiger partial charge < -0.3 is 9.32 Å². The van der Waals surface area contributed by atoms with Gasteiger partial charge in [0.15, 0.2) is 0 Å². The van der Waals surface area contributed by atoms with Gasteiger partial charge in [-0.25, -0.2) is 0 Å². The van der Waals surface area contributed by atoms with E-state index in [0.717, 1.165) is 39.0 Å². The van der Waals surface area contributed by atoms with Gasteiger partial charge in [-0.15, -0.1) is 11.3 Å². The highest BCUT2D eigenvalue weighted by atomic mass is 32.1. The lowest BCUT2D eigenvalue weighted by atomic mass is 10.0. The molecule has 0 bridgehead atoms. The van der Waals surface area contributed by atoms with Crippen LogP contribution in [0.3, 0.4) is 0 Å². The monoisotopic (exact) mass is 617 g/mol. The number of furan rings is 1. The van der Waals surface area contributed by atoms with E-state index in [1.165, 1.54) is 52.8 Å². The second-order valence-corrected chi connectivity index (χ2v) is 13.2. The fourth-order valence-corrected chi connectivity index (χ4v) is 8.33. The maximum Gasteiger partial charge on any atom is 0.144 e. The summed E-state index contributed by atoms with van der Waals surface area (Å²) in [6.07, 6.45) is 0. The molecule has 0 atom stereocenters. The summed E-state index contributed by atoms with van der Waals surface area (Å²) in [5, 5.41) is 9.61. The van der Waals surface area contributed by atoms with E-state index in [2.05, 4.69) is 163 Å². The lowest BCUT2D eigenvalue weighted by molar-refractivity contribution is 0.673.